The topological polar surface area (TPSA) is 79.2 Å². The minimum atomic E-state index is -0.678. The number of rotatable bonds is 4. The van der Waals surface area contributed by atoms with E-state index < -0.39 is 17.7 Å². The zero-order valence-corrected chi connectivity index (χ0v) is 12.8. The molecule has 1 aromatic carbocycles. The van der Waals surface area contributed by atoms with Gasteiger partial charge in [0.15, 0.2) is 5.78 Å². The zero-order chi connectivity index (χ0) is 16.0. The van der Waals surface area contributed by atoms with Crippen molar-refractivity contribution in [2.45, 2.75) is 45.8 Å². The van der Waals surface area contributed by atoms with E-state index in [1.807, 2.05) is 6.07 Å². The van der Waals surface area contributed by atoms with Crippen molar-refractivity contribution in [3.05, 3.63) is 35.4 Å². The maximum Gasteiger partial charge on any atom is 0.408 e. The van der Waals surface area contributed by atoms with Crippen LogP contribution in [0.5, 0.6) is 0 Å². The van der Waals surface area contributed by atoms with Gasteiger partial charge in [-0.25, -0.2) is 4.79 Å². The Morgan fingerprint density at radius 1 is 1.29 bits per heavy atom. The van der Waals surface area contributed by atoms with Gasteiger partial charge in [-0.1, -0.05) is 24.3 Å². The summed E-state index contributed by atoms with van der Waals surface area (Å²) in [6, 6.07) is 8.32. The van der Waals surface area contributed by atoms with Gasteiger partial charge in [0.1, 0.15) is 11.6 Å². The van der Waals surface area contributed by atoms with Crippen molar-refractivity contribution in [3.8, 4) is 6.07 Å². The number of amides is 1. The molecule has 112 valence electrons. The van der Waals surface area contributed by atoms with Crippen LogP contribution in [0.3, 0.4) is 0 Å². The number of ketones is 1. The first-order valence-electron chi connectivity index (χ1n) is 6.70. The number of alkyl carbamates (subject to hydrolysis) is 1. The standard InChI is InChI=1S/C16H20N2O3/c1-11(19)13-7-5-12(6-8-13)9-14(10-17)18-15(20)21-16(2,3)4/h5-8,14H,9H2,1-4H3,(H,18,20)/t14-/m0/s1. The van der Waals surface area contributed by atoms with Gasteiger partial charge in [-0.2, -0.15) is 5.26 Å². The van der Waals surface area contributed by atoms with Crippen LogP contribution >= 0.6 is 0 Å². The van der Waals surface area contributed by atoms with Crippen LogP contribution in [0.2, 0.25) is 0 Å². The van der Waals surface area contributed by atoms with Crippen LogP contribution in [0.1, 0.15) is 43.6 Å². The Bertz CT molecular complexity index is 550. The molecule has 1 aromatic rings. The highest BCUT2D eigenvalue weighted by atomic mass is 16.6. The number of ether oxygens (including phenoxy) is 1. The first-order valence-corrected chi connectivity index (χ1v) is 6.70. The number of hydrogen-bond donors (Lipinski definition) is 1. The fourth-order valence-corrected chi connectivity index (χ4v) is 1.69. The summed E-state index contributed by atoms with van der Waals surface area (Å²) in [7, 11) is 0. The Hall–Kier alpha value is -2.35. The van der Waals surface area contributed by atoms with Crippen molar-refractivity contribution in [1.29, 1.82) is 5.26 Å². The van der Waals surface area contributed by atoms with Gasteiger partial charge in [0.25, 0.3) is 0 Å². The first-order chi connectivity index (χ1) is 9.71. The maximum atomic E-state index is 11.6. The molecule has 0 saturated heterocycles. The number of nitriles is 1. The van der Waals surface area contributed by atoms with E-state index in [0.717, 1.165) is 5.56 Å². The van der Waals surface area contributed by atoms with Crippen LogP contribution in [-0.4, -0.2) is 23.5 Å². The summed E-state index contributed by atoms with van der Waals surface area (Å²) in [4.78, 5) is 22.8. The van der Waals surface area contributed by atoms with E-state index in [-0.39, 0.29) is 5.78 Å². The van der Waals surface area contributed by atoms with Crippen LogP contribution in [-0.2, 0) is 11.2 Å². The van der Waals surface area contributed by atoms with Gasteiger partial charge in [-0.05, 0) is 33.3 Å². The van der Waals surface area contributed by atoms with E-state index in [1.165, 1.54) is 6.92 Å². The fourth-order valence-electron chi connectivity index (χ4n) is 1.69. The smallest absolute Gasteiger partial charge is 0.408 e. The summed E-state index contributed by atoms with van der Waals surface area (Å²) in [6.45, 7) is 6.77. The lowest BCUT2D eigenvalue weighted by molar-refractivity contribution is 0.0515. The molecule has 0 saturated carbocycles. The Balaban J connectivity index is 2.64. The molecule has 0 unspecified atom stereocenters. The summed E-state index contributed by atoms with van der Waals surface area (Å²) in [6.07, 6.45) is -0.261. The number of nitrogens with zero attached hydrogens (tertiary/aromatic N) is 1. The van der Waals surface area contributed by atoms with Crippen molar-refractivity contribution in [1.82, 2.24) is 5.32 Å². The van der Waals surface area contributed by atoms with Gasteiger partial charge >= 0.3 is 6.09 Å². The number of Topliss-reactive ketones (excluding diaryl/α,β-unsaturated/α-hetero) is 1. The van der Waals surface area contributed by atoms with Crippen LogP contribution in [0.15, 0.2) is 24.3 Å². The van der Waals surface area contributed by atoms with E-state index in [4.69, 9.17) is 10.00 Å². The van der Waals surface area contributed by atoms with Crippen LogP contribution in [0.25, 0.3) is 0 Å². The molecular weight excluding hydrogens is 268 g/mol. The van der Waals surface area contributed by atoms with E-state index in [1.54, 1.807) is 45.0 Å². The molecule has 1 N–H and O–H groups in total. The quantitative estimate of drug-likeness (QED) is 0.864. The van der Waals surface area contributed by atoms with Crippen LogP contribution < -0.4 is 5.32 Å². The minimum Gasteiger partial charge on any atom is -0.444 e. The van der Waals surface area contributed by atoms with Crippen molar-refractivity contribution in [3.63, 3.8) is 0 Å². The van der Waals surface area contributed by atoms with E-state index >= 15 is 0 Å². The highest BCUT2D eigenvalue weighted by Crippen LogP contribution is 2.09. The molecule has 0 aliphatic heterocycles. The second-order valence-electron chi connectivity index (χ2n) is 5.79. The molecule has 0 fully saturated rings. The summed E-state index contributed by atoms with van der Waals surface area (Å²) < 4.78 is 5.11. The predicted molar refractivity (Wildman–Crippen MR) is 78.9 cm³/mol. The summed E-state index contributed by atoms with van der Waals surface area (Å²) in [5, 5.41) is 11.6. The normalized spacial score (nSPS) is 12.1. The molecule has 5 heteroatoms. The fraction of sp³-hybridized carbons (Fsp3) is 0.438. The van der Waals surface area contributed by atoms with E-state index in [2.05, 4.69) is 5.32 Å². The lowest BCUT2D eigenvalue weighted by Gasteiger charge is -2.21. The van der Waals surface area contributed by atoms with Crippen molar-refractivity contribution >= 4 is 11.9 Å². The van der Waals surface area contributed by atoms with Crippen molar-refractivity contribution in [2.24, 2.45) is 0 Å². The van der Waals surface area contributed by atoms with Crippen LogP contribution in [0.4, 0.5) is 4.79 Å². The lowest BCUT2D eigenvalue weighted by Crippen LogP contribution is -2.39. The number of benzene rings is 1. The third kappa shape index (κ3) is 6.09. The maximum absolute atomic E-state index is 11.6. The number of carbonyl (C=O) groups is 2. The van der Waals surface area contributed by atoms with E-state index in [0.29, 0.717) is 12.0 Å². The molecule has 0 heterocycles. The molecule has 0 aliphatic rings. The molecule has 0 radical (unpaired) electrons. The molecule has 0 aromatic heterocycles. The van der Waals surface area contributed by atoms with Gasteiger partial charge < -0.3 is 10.1 Å². The Morgan fingerprint density at radius 3 is 2.29 bits per heavy atom. The molecule has 1 rings (SSSR count). The first kappa shape index (κ1) is 16.7. The molecule has 0 bridgehead atoms. The summed E-state index contributed by atoms with van der Waals surface area (Å²) in [5.41, 5.74) is 0.878. The van der Waals surface area contributed by atoms with Gasteiger partial charge in [-0.15, -0.1) is 0 Å². The van der Waals surface area contributed by atoms with Gasteiger partial charge in [-0.3, -0.25) is 4.79 Å². The Labute approximate surface area is 124 Å². The predicted octanol–water partition coefficient (Wildman–Crippen LogP) is 2.85. The largest absolute Gasteiger partial charge is 0.444 e. The SMILES string of the molecule is CC(=O)c1ccc(C[C@@H](C#N)NC(=O)OC(C)(C)C)cc1. The average molecular weight is 288 g/mol. The minimum absolute atomic E-state index is 0.00902. The second kappa shape index (κ2) is 6.89. The zero-order valence-electron chi connectivity index (χ0n) is 12.8. The van der Waals surface area contributed by atoms with Crippen molar-refractivity contribution in [2.75, 3.05) is 0 Å². The van der Waals surface area contributed by atoms with Crippen LogP contribution in [0, 0.1) is 11.3 Å². The van der Waals surface area contributed by atoms with E-state index in [9.17, 15) is 9.59 Å². The summed E-state index contributed by atoms with van der Waals surface area (Å²) >= 11 is 0. The monoisotopic (exact) mass is 288 g/mol. The van der Waals surface area contributed by atoms with Gasteiger partial charge in [0, 0.05) is 12.0 Å². The Morgan fingerprint density at radius 2 is 1.86 bits per heavy atom. The molecule has 21 heavy (non-hydrogen) atoms. The lowest BCUT2D eigenvalue weighted by atomic mass is 10.0. The molecular formula is C16H20N2O3. The number of nitrogens with one attached hydrogen (secondary N) is 1. The van der Waals surface area contributed by atoms with Crippen molar-refractivity contribution < 1.29 is 14.3 Å². The molecule has 0 spiro atoms. The van der Waals surface area contributed by atoms with Gasteiger partial charge in [0.2, 0.25) is 0 Å². The average Bonchev–Trinajstić information content (AvgIpc) is 2.36. The molecule has 5 nitrogen and oxygen atoms in total. The highest BCUT2D eigenvalue weighted by molar-refractivity contribution is 5.94. The molecule has 0 aliphatic carbocycles. The molecule has 1 amide bonds. The highest BCUT2D eigenvalue weighted by Gasteiger charge is 2.19. The Kier molecular flexibility index (Phi) is 5.48. The summed E-state index contributed by atoms with van der Waals surface area (Å²) in [5.74, 6) is -0.00902. The third-order valence-corrected chi connectivity index (χ3v) is 2.65. The number of hydrogen-bond acceptors (Lipinski definition) is 4. The van der Waals surface area contributed by atoms with Gasteiger partial charge in [0.05, 0.1) is 6.07 Å². The second-order valence-corrected chi connectivity index (χ2v) is 5.79. The number of carbonyl (C=O) groups excluding carboxylic acids is 2. The third-order valence-electron chi connectivity index (χ3n) is 2.65. The molecule has 1 atom stereocenters.